The Balaban J connectivity index is 1.37. The van der Waals surface area contributed by atoms with Gasteiger partial charge in [-0.3, -0.25) is 0 Å². The molecule has 2 unspecified atom stereocenters. The van der Waals surface area contributed by atoms with Gasteiger partial charge in [0.05, 0.1) is 5.54 Å². The second kappa shape index (κ2) is 14.8. The Kier molecular flexibility index (Phi) is 10.4. The van der Waals surface area contributed by atoms with Crippen LogP contribution < -0.4 is 26.5 Å². The highest BCUT2D eigenvalue weighted by Crippen LogP contribution is 2.48. The standard InChI is InChI=1S/C42H44N2OP2/c1-32(2)33-18-17-19-34(28-33)42(3,4)43-41(45)44-30-40(47(38-24-13-7-14-25-38)39-26-15-8-16-27-39)29-35(44)31-46(36-20-9-5-10-21-36)37-22-11-6-12-23-37/h5-28,35,40H,1,29-31H2,2-4H3,(H,43,45). The first-order valence-corrected chi connectivity index (χ1v) is 19.4. The number of nitrogens with zero attached hydrogens (tertiary/aromatic N) is 1. The van der Waals surface area contributed by atoms with E-state index in [1.54, 1.807) is 0 Å². The van der Waals surface area contributed by atoms with Crippen molar-refractivity contribution in [2.75, 3.05) is 12.7 Å². The zero-order chi connectivity index (χ0) is 32.8. The lowest BCUT2D eigenvalue weighted by Gasteiger charge is -2.34. The molecule has 1 aliphatic rings. The van der Waals surface area contributed by atoms with Crippen molar-refractivity contribution in [3.8, 4) is 0 Å². The first-order valence-electron chi connectivity index (χ1n) is 16.4. The lowest BCUT2D eigenvalue weighted by Crippen LogP contribution is -2.51. The Morgan fingerprint density at radius 3 is 1.72 bits per heavy atom. The normalized spacial score (nSPS) is 16.4. The highest BCUT2D eigenvalue weighted by molar-refractivity contribution is 7.74. The molecule has 5 aromatic carbocycles. The third-order valence-electron chi connectivity index (χ3n) is 9.11. The van der Waals surface area contributed by atoms with Crippen molar-refractivity contribution in [1.82, 2.24) is 10.2 Å². The maximum absolute atomic E-state index is 14.6. The van der Waals surface area contributed by atoms with E-state index in [0.717, 1.165) is 35.8 Å². The van der Waals surface area contributed by atoms with Crippen molar-refractivity contribution in [1.29, 1.82) is 0 Å². The van der Waals surface area contributed by atoms with Crippen molar-refractivity contribution in [3.05, 3.63) is 163 Å². The van der Waals surface area contributed by atoms with E-state index in [2.05, 4.69) is 176 Å². The van der Waals surface area contributed by atoms with Crippen molar-refractivity contribution in [2.24, 2.45) is 0 Å². The first-order chi connectivity index (χ1) is 22.8. The molecule has 1 heterocycles. The van der Waals surface area contributed by atoms with E-state index in [0.29, 0.717) is 5.66 Å². The second-order valence-electron chi connectivity index (χ2n) is 12.9. The molecule has 1 N–H and O–H groups in total. The number of carbonyl (C=O) groups is 1. The minimum absolute atomic E-state index is 0.00961. The summed E-state index contributed by atoms with van der Waals surface area (Å²) in [6.45, 7) is 11.1. The van der Waals surface area contributed by atoms with Gasteiger partial charge in [-0.15, -0.1) is 0 Å². The molecule has 47 heavy (non-hydrogen) atoms. The van der Waals surface area contributed by atoms with Gasteiger partial charge in [0, 0.05) is 18.2 Å². The Hall–Kier alpha value is -4.03. The fourth-order valence-corrected chi connectivity index (χ4v) is 12.1. The number of urea groups is 1. The van der Waals surface area contributed by atoms with Crippen LogP contribution in [-0.2, 0) is 5.54 Å². The number of rotatable bonds is 10. The number of benzene rings is 5. The lowest BCUT2D eigenvalue weighted by atomic mass is 9.92. The summed E-state index contributed by atoms with van der Waals surface area (Å²) in [4.78, 5) is 16.7. The van der Waals surface area contributed by atoms with E-state index in [1.165, 1.54) is 21.2 Å². The topological polar surface area (TPSA) is 32.3 Å². The van der Waals surface area contributed by atoms with E-state index >= 15 is 0 Å². The Morgan fingerprint density at radius 1 is 0.745 bits per heavy atom. The number of hydrogen-bond acceptors (Lipinski definition) is 1. The number of hydrogen-bond donors (Lipinski definition) is 1. The van der Waals surface area contributed by atoms with Crippen LogP contribution in [0.5, 0.6) is 0 Å². The van der Waals surface area contributed by atoms with Gasteiger partial charge in [0.1, 0.15) is 0 Å². The van der Waals surface area contributed by atoms with Crippen LogP contribution in [0.3, 0.4) is 0 Å². The molecule has 0 aliphatic carbocycles. The summed E-state index contributed by atoms with van der Waals surface area (Å²) < 4.78 is 0. The second-order valence-corrected chi connectivity index (χ2v) is 17.7. The van der Waals surface area contributed by atoms with Crippen LogP contribution >= 0.6 is 15.8 Å². The number of amides is 2. The zero-order valence-corrected chi connectivity index (χ0v) is 29.4. The molecule has 2 amide bonds. The maximum atomic E-state index is 14.6. The largest absolute Gasteiger partial charge is 0.329 e. The van der Waals surface area contributed by atoms with Crippen LogP contribution in [0, 0.1) is 0 Å². The van der Waals surface area contributed by atoms with Crippen molar-refractivity contribution < 1.29 is 4.79 Å². The SMILES string of the molecule is C=C(C)c1cccc(C(C)(C)NC(=O)N2CC(P(c3ccccc3)c3ccccc3)CC2CP(c2ccccc2)c2ccccc2)c1. The molecule has 1 aliphatic heterocycles. The lowest BCUT2D eigenvalue weighted by molar-refractivity contribution is 0.185. The molecule has 0 aromatic heterocycles. The predicted octanol–water partition coefficient (Wildman–Crippen LogP) is 8.37. The highest BCUT2D eigenvalue weighted by Gasteiger charge is 2.42. The fraction of sp³-hybridized carbons (Fsp3) is 0.214. The fourth-order valence-electron chi connectivity index (χ4n) is 6.62. The van der Waals surface area contributed by atoms with E-state index < -0.39 is 21.4 Å². The molecule has 3 nitrogen and oxygen atoms in total. The van der Waals surface area contributed by atoms with Gasteiger partial charge in [-0.05, 0) is 87.6 Å². The van der Waals surface area contributed by atoms with Crippen LogP contribution in [0.25, 0.3) is 5.57 Å². The third-order valence-corrected chi connectivity index (χ3v) is 14.6. The van der Waals surface area contributed by atoms with Crippen molar-refractivity contribution in [3.63, 3.8) is 0 Å². The number of carbonyl (C=O) groups excluding carboxylic acids is 1. The van der Waals surface area contributed by atoms with Crippen molar-refractivity contribution in [2.45, 2.75) is 44.4 Å². The monoisotopic (exact) mass is 654 g/mol. The minimum atomic E-state index is -0.676. The summed E-state index contributed by atoms with van der Waals surface area (Å²) in [6.07, 6.45) is 1.89. The van der Waals surface area contributed by atoms with Crippen LogP contribution in [0.1, 0.15) is 38.3 Å². The van der Waals surface area contributed by atoms with Gasteiger partial charge in [0.25, 0.3) is 0 Å². The Morgan fingerprint density at radius 2 is 1.23 bits per heavy atom. The number of likely N-dealkylation sites (tertiary alicyclic amines) is 1. The van der Waals surface area contributed by atoms with Crippen molar-refractivity contribution >= 4 is 48.7 Å². The zero-order valence-electron chi connectivity index (χ0n) is 27.6. The van der Waals surface area contributed by atoms with Gasteiger partial charge >= 0.3 is 6.03 Å². The van der Waals surface area contributed by atoms with E-state index in [1.807, 2.05) is 6.92 Å². The summed E-state index contributed by atoms with van der Waals surface area (Å²) in [5, 5.41) is 8.91. The van der Waals surface area contributed by atoms with Gasteiger partial charge in [0.15, 0.2) is 0 Å². The van der Waals surface area contributed by atoms with Gasteiger partial charge in [0.2, 0.25) is 0 Å². The van der Waals surface area contributed by atoms with E-state index in [4.69, 9.17) is 0 Å². The quantitative estimate of drug-likeness (QED) is 0.151. The summed E-state index contributed by atoms with van der Waals surface area (Å²) in [5.74, 6) is 0. The molecular weight excluding hydrogens is 610 g/mol. The first kappa shape index (κ1) is 32.9. The van der Waals surface area contributed by atoms with Crippen LogP contribution in [-0.4, -0.2) is 35.3 Å². The molecule has 0 saturated carbocycles. The summed E-state index contributed by atoms with van der Waals surface area (Å²) in [6, 6.07) is 52.1. The van der Waals surface area contributed by atoms with Gasteiger partial charge in [-0.25, -0.2) is 4.79 Å². The van der Waals surface area contributed by atoms with E-state index in [-0.39, 0.29) is 12.1 Å². The Labute approximate surface area is 283 Å². The molecule has 6 rings (SSSR count). The van der Waals surface area contributed by atoms with Crippen LogP contribution in [0.2, 0.25) is 0 Å². The molecule has 2 atom stereocenters. The molecule has 238 valence electrons. The van der Waals surface area contributed by atoms with E-state index in [9.17, 15) is 4.79 Å². The minimum Gasteiger partial charge on any atom is -0.329 e. The smallest absolute Gasteiger partial charge is 0.318 e. The number of allylic oxidation sites excluding steroid dienone is 1. The third kappa shape index (κ3) is 7.76. The van der Waals surface area contributed by atoms with Gasteiger partial charge in [-0.1, -0.05) is 152 Å². The molecule has 5 heteroatoms. The maximum Gasteiger partial charge on any atom is 0.318 e. The molecular formula is C42H44N2OP2. The molecule has 5 aromatic rings. The summed E-state index contributed by atoms with van der Waals surface area (Å²) in [5.41, 5.74) is 2.96. The average molecular weight is 655 g/mol. The molecule has 1 saturated heterocycles. The van der Waals surface area contributed by atoms with Gasteiger partial charge < -0.3 is 10.2 Å². The molecule has 0 radical (unpaired) electrons. The number of nitrogens with one attached hydrogen (secondary N) is 1. The molecule has 0 spiro atoms. The van der Waals surface area contributed by atoms with Gasteiger partial charge in [-0.2, -0.15) is 0 Å². The Bertz CT molecular complexity index is 1700. The summed E-state index contributed by atoms with van der Waals surface area (Å²) in [7, 11) is -1.35. The highest BCUT2D eigenvalue weighted by atomic mass is 31.1. The van der Waals surface area contributed by atoms with Crippen LogP contribution in [0.4, 0.5) is 4.79 Å². The summed E-state index contributed by atoms with van der Waals surface area (Å²) >= 11 is 0. The molecule has 0 bridgehead atoms. The average Bonchev–Trinajstić information content (AvgIpc) is 3.52. The predicted molar refractivity (Wildman–Crippen MR) is 205 cm³/mol. The van der Waals surface area contributed by atoms with Crippen LogP contribution in [0.15, 0.2) is 152 Å². The molecule has 1 fully saturated rings.